The van der Waals surface area contributed by atoms with Crippen molar-refractivity contribution in [1.29, 1.82) is 0 Å². The van der Waals surface area contributed by atoms with Crippen LogP contribution in [0, 0.1) is 0 Å². The number of hydrogen-bond donors (Lipinski definition) is 1. The Morgan fingerprint density at radius 1 is 1.42 bits per heavy atom. The average Bonchev–Trinajstić information content (AvgIpc) is 2.03. The Morgan fingerprint density at radius 3 is 2.33 bits per heavy atom. The van der Waals surface area contributed by atoms with E-state index < -0.39 is 21.1 Å². The number of rotatable bonds is 1. The first-order chi connectivity index (χ1) is 5.52. The summed E-state index contributed by atoms with van der Waals surface area (Å²) in [5, 5.41) is -1.54. The Bertz CT molecular complexity index is 394. The Hall–Kier alpha value is -1.41. The molecule has 0 aliphatic heterocycles. The van der Waals surface area contributed by atoms with Gasteiger partial charge in [-0.25, -0.2) is 15.0 Å². The molecule has 12 heavy (non-hydrogen) atoms. The van der Waals surface area contributed by atoms with Crippen LogP contribution in [0.1, 0.15) is 13.5 Å². The van der Waals surface area contributed by atoms with Crippen LogP contribution >= 0.6 is 0 Å². The van der Waals surface area contributed by atoms with E-state index in [-0.39, 0.29) is 2.85 Å². The molecule has 0 atom stereocenters. The van der Waals surface area contributed by atoms with Gasteiger partial charge in [0.05, 0.1) is 0 Å². The lowest BCUT2D eigenvalue weighted by molar-refractivity contribution is 0.105. The molecular weight excluding hydrogens is 186 g/mol. The van der Waals surface area contributed by atoms with Crippen molar-refractivity contribution < 1.29 is 20.6 Å². The summed E-state index contributed by atoms with van der Waals surface area (Å²) in [7, 11) is -4.75. The predicted molar refractivity (Wildman–Crippen MR) is 37.9 cm³/mol. The molecule has 64 valence electrons. The van der Waals surface area contributed by atoms with Crippen molar-refractivity contribution in [2.75, 3.05) is 0 Å². The monoisotopic (exact) mass is 191 g/mol. The van der Waals surface area contributed by atoms with Crippen molar-refractivity contribution in [3.63, 3.8) is 0 Å². The topological polar surface area (TPSA) is 110 Å². The van der Waals surface area contributed by atoms with Gasteiger partial charge in [-0.15, -0.1) is 0 Å². The van der Waals surface area contributed by atoms with Gasteiger partial charge in [-0.05, 0) is 0 Å². The zero-order valence-electron chi connectivity index (χ0n) is 7.58. The van der Waals surface area contributed by atoms with Crippen molar-refractivity contribution in [3.05, 3.63) is 18.5 Å². The van der Waals surface area contributed by atoms with Crippen LogP contribution in [0.4, 0.5) is 0 Å². The van der Waals surface area contributed by atoms with Gasteiger partial charge < -0.3 is 0 Å². The fourth-order valence-corrected chi connectivity index (χ4v) is 0.796. The zero-order chi connectivity index (χ0) is 9.19. The van der Waals surface area contributed by atoms with Gasteiger partial charge in [-0.1, -0.05) is 0 Å². The number of carbonyl (C=O) groups excluding carboxylic acids is 1. The third kappa shape index (κ3) is 1.80. The lowest BCUT2D eigenvalue weighted by atomic mass is 10.7. The van der Waals surface area contributed by atoms with Crippen molar-refractivity contribution in [2.24, 2.45) is 0 Å². The number of hydrogen-bond acceptors (Lipinski definition) is 6. The molecule has 0 bridgehead atoms. The molecule has 8 heteroatoms. The summed E-state index contributed by atoms with van der Waals surface area (Å²) in [6.07, 6.45) is 1.90. The molecule has 0 aromatic carbocycles. The van der Waals surface area contributed by atoms with Crippen LogP contribution in [0.25, 0.3) is 0 Å². The Kier molecular flexibility index (Phi) is 2.11. The minimum atomic E-state index is -4.75. The molecule has 0 amide bonds. The van der Waals surface area contributed by atoms with E-state index in [0.29, 0.717) is 0 Å². The fraction of sp³-hybridized carbons (Fsp3) is 0. The van der Waals surface area contributed by atoms with Crippen LogP contribution in [0.5, 0.6) is 0 Å². The van der Waals surface area contributed by atoms with E-state index in [1.54, 1.807) is 0 Å². The van der Waals surface area contributed by atoms with Gasteiger partial charge in [0, 0.05) is 0 Å². The van der Waals surface area contributed by atoms with Crippen LogP contribution in [-0.4, -0.2) is 33.0 Å². The van der Waals surface area contributed by atoms with Gasteiger partial charge in [0.2, 0.25) is 5.82 Å². The molecule has 0 saturated carbocycles. The first-order valence-corrected chi connectivity index (χ1v) is 4.09. The zero-order valence-corrected chi connectivity index (χ0v) is 6.39. The molecular formula is C4H5N3O4S+2. The van der Waals surface area contributed by atoms with Gasteiger partial charge >= 0.3 is 18.1 Å². The van der Waals surface area contributed by atoms with Gasteiger partial charge in [-0.3, -0.25) is 9.35 Å². The molecule has 1 heterocycles. The standard InChI is InChI=1S/C4H3N3O4S/c8-4(12(9,10)11)3-6-1-5-2-7-3/h1-2H,(H,9,10,11)/p+2. The Balaban J connectivity index is 0. The van der Waals surface area contributed by atoms with E-state index >= 15 is 0 Å². The highest BCUT2D eigenvalue weighted by Gasteiger charge is 2.23. The summed E-state index contributed by atoms with van der Waals surface area (Å²) in [4.78, 5) is 20.5. The largest absolute Gasteiger partial charge is 1.00 e. The molecule has 0 fully saturated rings. The van der Waals surface area contributed by atoms with E-state index in [9.17, 15) is 13.2 Å². The molecule has 1 aromatic rings. The maximum Gasteiger partial charge on any atom is 1.00 e. The molecule has 1 rings (SSSR count). The van der Waals surface area contributed by atoms with E-state index in [1.165, 1.54) is 0 Å². The van der Waals surface area contributed by atoms with Crippen molar-refractivity contribution in [1.82, 2.24) is 15.0 Å². The van der Waals surface area contributed by atoms with Crippen LogP contribution in [0.15, 0.2) is 12.7 Å². The van der Waals surface area contributed by atoms with Gasteiger partial charge in [0.25, 0.3) is 0 Å². The average molecular weight is 191 g/mol. The SMILES string of the molecule is O=C(c1ncncn1)S(=O)(=O)O.[H+].[H+]. The number of aromatic nitrogens is 3. The summed E-state index contributed by atoms with van der Waals surface area (Å²) in [6, 6.07) is 0. The number of nitrogens with zero attached hydrogens (tertiary/aromatic N) is 3. The van der Waals surface area contributed by atoms with Crippen LogP contribution in [0.3, 0.4) is 0 Å². The first kappa shape index (κ1) is 8.68. The molecule has 0 radical (unpaired) electrons. The summed E-state index contributed by atoms with van der Waals surface area (Å²) in [5.74, 6) is -0.604. The maximum absolute atomic E-state index is 10.7. The minimum Gasteiger partial charge on any atom is -0.279 e. The fourth-order valence-electron chi connectivity index (χ4n) is 0.460. The second-order valence-corrected chi connectivity index (χ2v) is 3.05. The van der Waals surface area contributed by atoms with Gasteiger partial charge in [-0.2, -0.15) is 8.42 Å². The van der Waals surface area contributed by atoms with Crippen LogP contribution in [0.2, 0.25) is 0 Å². The maximum atomic E-state index is 10.7. The first-order valence-electron chi connectivity index (χ1n) is 2.65. The lowest BCUT2D eigenvalue weighted by Gasteiger charge is -1.91. The molecule has 0 unspecified atom stereocenters. The highest BCUT2D eigenvalue weighted by Crippen LogP contribution is 1.94. The third-order valence-electron chi connectivity index (χ3n) is 0.910. The second-order valence-electron chi connectivity index (χ2n) is 1.72. The van der Waals surface area contributed by atoms with E-state index in [1.807, 2.05) is 0 Å². The molecule has 7 nitrogen and oxygen atoms in total. The van der Waals surface area contributed by atoms with Crippen molar-refractivity contribution >= 4 is 15.2 Å². The summed E-state index contributed by atoms with van der Waals surface area (Å²) >= 11 is 0. The lowest BCUT2D eigenvalue weighted by Crippen LogP contribution is -2.16. The summed E-state index contributed by atoms with van der Waals surface area (Å²) in [5.41, 5.74) is 0. The van der Waals surface area contributed by atoms with Crippen molar-refractivity contribution in [3.8, 4) is 0 Å². The minimum absolute atomic E-state index is 0. The highest BCUT2D eigenvalue weighted by atomic mass is 32.2. The molecule has 0 aliphatic rings. The number of carbonyl (C=O) groups is 1. The highest BCUT2D eigenvalue weighted by molar-refractivity contribution is 8.01. The predicted octanol–water partition coefficient (Wildman–Crippen LogP) is -0.875. The van der Waals surface area contributed by atoms with Crippen molar-refractivity contribution in [2.45, 2.75) is 0 Å². The molecule has 1 N–H and O–H groups in total. The smallest absolute Gasteiger partial charge is 0.279 e. The second kappa shape index (κ2) is 2.91. The van der Waals surface area contributed by atoms with Gasteiger partial charge in [0.15, 0.2) is 0 Å². The summed E-state index contributed by atoms with van der Waals surface area (Å²) < 4.78 is 28.7. The van der Waals surface area contributed by atoms with Crippen LogP contribution in [-0.2, 0) is 10.1 Å². The van der Waals surface area contributed by atoms with Gasteiger partial charge in [0.1, 0.15) is 12.7 Å². The molecule has 0 spiro atoms. The molecule has 0 saturated heterocycles. The normalized spacial score (nSPS) is 11.1. The Labute approximate surface area is 70.2 Å². The van der Waals surface area contributed by atoms with E-state index in [0.717, 1.165) is 12.7 Å². The van der Waals surface area contributed by atoms with E-state index in [4.69, 9.17) is 4.55 Å². The Morgan fingerprint density at radius 2 is 1.92 bits per heavy atom. The molecule has 1 aromatic heterocycles. The van der Waals surface area contributed by atoms with E-state index in [2.05, 4.69) is 15.0 Å². The summed E-state index contributed by atoms with van der Waals surface area (Å²) in [6.45, 7) is 0. The van der Waals surface area contributed by atoms with Crippen LogP contribution < -0.4 is 0 Å². The molecule has 0 aliphatic carbocycles. The third-order valence-corrected chi connectivity index (χ3v) is 1.56. The quantitative estimate of drug-likeness (QED) is 0.574.